The fourth-order valence-electron chi connectivity index (χ4n) is 2.31. The van der Waals surface area contributed by atoms with E-state index in [1.54, 1.807) is 18.2 Å². The van der Waals surface area contributed by atoms with Crippen LogP contribution in [0.2, 0.25) is 0 Å². The number of carbonyl (C=O) groups is 1. The molecule has 0 spiro atoms. The number of carbonyl (C=O) groups excluding carboxylic acids is 1. The van der Waals surface area contributed by atoms with Crippen molar-refractivity contribution in [1.29, 1.82) is 0 Å². The summed E-state index contributed by atoms with van der Waals surface area (Å²) in [5, 5.41) is 0. The molecule has 0 bridgehead atoms. The van der Waals surface area contributed by atoms with Crippen molar-refractivity contribution in [1.82, 2.24) is 0 Å². The third kappa shape index (κ3) is 4.75. The van der Waals surface area contributed by atoms with Crippen LogP contribution in [0.15, 0.2) is 59.2 Å². The van der Waals surface area contributed by atoms with E-state index in [2.05, 4.69) is 56.8 Å². The molecule has 2 aromatic rings. The van der Waals surface area contributed by atoms with Crippen molar-refractivity contribution in [3.63, 3.8) is 0 Å². The van der Waals surface area contributed by atoms with Crippen molar-refractivity contribution in [2.24, 2.45) is 4.99 Å². The Hall–Kier alpha value is -1.75. The van der Waals surface area contributed by atoms with Gasteiger partial charge in [-0.2, -0.15) is 0 Å². The highest BCUT2D eigenvalue weighted by molar-refractivity contribution is 14.1. The minimum Gasteiger partial charge on any atom is -0.487 e. The van der Waals surface area contributed by atoms with Crippen molar-refractivity contribution < 1.29 is 18.7 Å². The van der Waals surface area contributed by atoms with Crippen molar-refractivity contribution in [2.75, 3.05) is 6.61 Å². The fourth-order valence-corrected chi connectivity index (χ4v) is 4.44. The summed E-state index contributed by atoms with van der Waals surface area (Å²) in [6.45, 7) is 6.17. The summed E-state index contributed by atoms with van der Waals surface area (Å²) in [5.74, 6) is -0.365. The molecule has 0 aliphatic carbocycles. The molecule has 2 aromatic carbocycles. The van der Waals surface area contributed by atoms with Crippen molar-refractivity contribution in [3.8, 4) is 5.75 Å². The largest absolute Gasteiger partial charge is 0.487 e. The maximum atomic E-state index is 13.9. The summed E-state index contributed by atoms with van der Waals surface area (Å²) in [6, 6.07) is 9.80. The molecule has 0 fully saturated rings. The second-order valence-corrected chi connectivity index (χ2v) is 8.20. The second-order valence-electron chi connectivity index (χ2n) is 5.88. The average molecular weight is 589 g/mol. The van der Waals surface area contributed by atoms with Gasteiger partial charge in [0.2, 0.25) is 5.90 Å². The predicted molar refractivity (Wildman–Crippen MR) is 119 cm³/mol. The van der Waals surface area contributed by atoms with Crippen LogP contribution in [0.4, 0.5) is 4.39 Å². The summed E-state index contributed by atoms with van der Waals surface area (Å²) in [7, 11) is 0. The van der Waals surface area contributed by atoms with Crippen molar-refractivity contribution in [2.45, 2.75) is 6.92 Å². The van der Waals surface area contributed by atoms with Gasteiger partial charge in [-0.3, -0.25) is 0 Å². The van der Waals surface area contributed by atoms with Crippen LogP contribution in [0, 0.1) is 13.0 Å². The van der Waals surface area contributed by atoms with Gasteiger partial charge in [0.05, 0.1) is 12.7 Å². The van der Waals surface area contributed by atoms with E-state index < -0.39 is 11.8 Å². The number of hydrogen-bond acceptors (Lipinski definition) is 4. The first kappa shape index (κ1) is 20.0. The normalized spacial score (nSPS) is 14.9. The van der Waals surface area contributed by atoms with Crippen LogP contribution in [0.5, 0.6) is 5.75 Å². The number of cyclic esters (lactones) is 1. The summed E-state index contributed by atoms with van der Waals surface area (Å²) in [5.41, 5.74) is 1.98. The van der Waals surface area contributed by atoms with Crippen molar-refractivity contribution in [3.05, 3.63) is 78.3 Å². The van der Waals surface area contributed by atoms with Gasteiger partial charge < -0.3 is 9.47 Å². The monoisotopic (exact) mass is 589 g/mol. The Kier molecular flexibility index (Phi) is 6.30. The zero-order chi connectivity index (χ0) is 19.6. The van der Waals surface area contributed by atoms with Gasteiger partial charge in [0.15, 0.2) is 5.70 Å². The average Bonchev–Trinajstić information content (AvgIpc) is 2.94. The Balaban J connectivity index is 1.91. The third-order valence-corrected chi connectivity index (χ3v) is 5.11. The minimum atomic E-state index is -0.610. The lowest BCUT2D eigenvalue weighted by Crippen LogP contribution is -2.07. The molecule has 138 valence electrons. The first-order valence-corrected chi connectivity index (χ1v) is 10.0. The molecule has 1 heterocycles. The molecule has 0 aromatic heterocycles. The number of rotatable bonds is 5. The SMILES string of the molecule is C=C(C)COc1c(I)cc(/C=C2\N=C(c3ccccc3F)OC2=O)cc1I. The highest BCUT2D eigenvalue weighted by atomic mass is 127. The first-order valence-electron chi connectivity index (χ1n) is 7.89. The van der Waals surface area contributed by atoms with Gasteiger partial charge >= 0.3 is 5.97 Å². The van der Waals surface area contributed by atoms with Gasteiger partial charge in [-0.25, -0.2) is 14.2 Å². The summed E-state index contributed by atoms with van der Waals surface area (Å²) in [4.78, 5) is 16.3. The Bertz CT molecular complexity index is 975. The molecule has 7 heteroatoms. The highest BCUT2D eigenvalue weighted by Gasteiger charge is 2.26. The molecular weight excluding hydrogens is 575 g/mol. The van der Waals surface area contributed by atoms with E-state index >= 15 is 0 Å². The van der Waals surface area contributed by atoms with Crippen LogP contribution >= 0.6 is 45.2 Å². The number of aliphatic imine (C=N–C) groups is 1. The van der Waals surface area contributed by atoms with Crippen LogP contribution in [-0.4, -0.2) is 18.5 Å². The zero-order valence-corrected chi connectivity index (χ0v) is 18.6. The van der Waals surface area contributed by atoms with Gasteiger partial charge in [0.25, 0.3) is 0 Å². The Labute approximate surface area is 183 Å². The highest BCUT2D eigenvalue weighted by Crippen LogP contribution is 2.31. The molecule has 0 amide bonds. The molecule has 0 saturated carbocycles. The molecule has 1 aliphatic heterocycles. The maximum absolute atomic E-state index is 13.9. The number of nitrogens with zero attached hydrogens (tertiary/aromatic N) is 1. The fraction of sp³-hybridized carbons (Fsp3) is 0.100. The number of benzene rings is 2. The first-order chi connectivity index (χ1) is 12.8. The van der Waals surface area contributed by atoms with Gasteiger partial charge in [-0.1, -0.05) is 18.7 Å². The van der Waals surface area contributed by atoms with E-state index in [1.165, 1.54) is 12.1 Å². The number of hydrogen-bond donors (Lipinski definition) is 0. The maximum Gasteiger partial charge on any atom is 0.363 e. The molecule has 27 heavy (non-hydrogen) atoms. The van der Waals surface area contributed by atoms with Gasteiger partial charge in [0.1, 0.15) is 18.2 Å². The van der Waals surface area contributed by atoms with Crippen LogP contribution in [0.3, 0.4) is 0 Å². The van der Waals surface area contributed by atoms with E-state index in [0.717, 1.165) is 24.0 Å². The molecule has 0 saturated heterocycles. The second kappa shape index (κ2) is 8.51. The summed E-state index contributed by atoms with van der Waals surface area (Å²) >= 11 is 4.36. The lowest BCUT2D eigenvalue weighted by atomic mass is 10.2. The number of esters is 1. The van der Waals surface area contributed by atoms with E-state index in [4.69, 9.17) is 9.47 Å². The molecule has 0 atom stereocenters. The molecule has 0 unspecified atom stereocenters. The summed E-state index contributed by atoms with van der Waals surface area (Å²) in [6.07, 6.45) is 1.61. The Morgan fingerprint density at radius 1 is 1.30 bits per heavy atom. The Morgan fingerprint density at radius 3 is 2.59 bits per heavy atom. The lowest BCUT2D eigenvalue weighted by molar-refractivity contribution is -0.129. The molecule has 0 radical (unpaired) electrons. The van der Waals surface area contributed by atoms with E-state index in [1.807, 2.05) is 19.1 Å². The Morgan fingerprint density at radius 2 is 1.96 bits per heavy atom. The molecule has 1 aliphatic rings. The third-order valence-electron chi connectivity index (χ3n) is 3.51. The van der Waals surface area contributed by atoms with Gasteiger partial charge in [-0.05, 0) is 93.6 Å². The van der Waals surface area contributed by atoms with E-state index in [9.17, 15) is 9.18 Å². The standard InChI is InChI=1S/C20H14FI2NO3/c1-11(2)10-26-18-15(22)7-12(8-16(18)23)9-17-20(25)27-19(24-17)13-5-3-4-6-14(13)21/h3-9H,1,10H2,2H3/b17-9-. The van der Waals surface area contributed by atoms with Gasteiger partial charge in [0, 0.05) is 0 Å². The smallest absolute Gasteiger partial charge is 0.363 e. The quantitative estimate of drug-likeness (QED) is 0.205. The number of halogens is 3. The molecule has 3 rings (SSSR count). The predicted octanol–water partition coefficient (Wildman–Crippen LogP) is 5.33. The van der Waals surface area contributed by atoms with E-state index in [-0.39, 0.29) is 17.2 Å². The van der Waals surface area contributed by atoms with Crippen LogP contribution in [-0.2, 0) is 9.53 Å². The van der Waals surface area contributed by atoms with Gasteiger partial charge in [-0.15, -0.1) is 0 Å². The molecule has 0 N–H and O–H groups in total. The zero-order valence-electron chi connectivity index (χ0n) is 14.3. The molecular formula is C20H14FI2NO3. The minimum absolute atomic E-state index is 0.0323. The van der Waals surface area contributed by atoms with E-state index in [0.29, 0.717) is 6.61 Å². The molecule has 4 nitrogen and oxygen atoms in total. The van der Waals surface area contributed by atoms with Crippen LogP contribution < -0.4 is 4.74 Å². The summed E-state index contributed by atoms with van der Waals surface area (Å²) < 4.78 is 26.6. The van der Waals surface area contributed by atoms with Crippen LogP contribution in [0.1, 0.15) is 18.1 Å². The topological polar surface area (TPSA) is 47.9 Å². The number of ether oxygens (including phenoxy) is 2. The lowest BCUT2D eigenvalue weighted by Gasteiger charge is -2.11. The van der Waals surface area contributed by atoms with Crippen LogP contribution in [0.25, 0.3) is 6.08 Å². The van der Waals surface area contributed by atoms with Crippen molar-refractivity contribution >= 4 is 63.1 Å².